The highest BCUT2D eigenvalue weighted by Gasteiger charge is 2.31. The predicted molar refractivity (Wildman–Crippen MR) is 81.0 cm³/mol. The summed E-state index contributed by atoms with van der Waals surface area (Å²) in [6.07, 6.45) is 1.83. The molecule has 6 nitrogen and oxygen atoms in total. The first kappa shape index (κ1) is 16.7. The van der Waals surface area contributed by atoms with Gasteiger partial charge in [0.25, 0.3) is 0 Å². The van der Waals surface area contributed by atoms with Crippen LogP contribution in [-0.4, -0.2) is 42.5 Å². The molecule has 1 saturated heterocycles. The molecule has 0 radical (unpaired) electrons. The van der Waals surface area contributed by atoms with Crippen LogP contribution in [0.25, 0.3) is 0 Å². The van der Waals surface area contributed by atoms with Crippen LogP contribution < -0.4 is 16.4 Å². The second-order valence-corrected chi connectivity index (χ2v) is 5.35. The molecule has 7 heteroatoms. The minimum Gasteiger partial charge on any atom is -0.394 e. The van der Waals surface area contributed by atoms with Gasteiger partial charge in [-0.2, -0.15) is 0 Å². The molecule has 1 aliphatic rings. The Balaban J connectivity index is 1.86. The normalized spacial score (nSPS) is 24.8. The van der Waals surface area contributed by atoms with E-state index in [4.69, 9.17) is 10.5 Å². The Bertz CT molecular complexity index is 483. The molecule has 3 atom stereocenters. The number of anilines is 1. The molecule has 0 aromatic heterocycles. The van der Waals surface area contributed by atoms with Crippen LogP contribution in [0.15, 0.2) is 24.3 Å². The number of halogens is 1. The summed E-state index contributed by atoms with van der Waals surface area (Å²) in [4.78, 5) is 12.0. The number of hydrogen-bond acceptors (Lipinski definition) is 4. The molecule has 1 fully saturated rings. The van der Waals surface area contributed by atoms with Crippen molar-refractivity contribution in [2.45, 2.75) is 37.5 Å². The second kappa shape index (κ2) is 8.07. The van der Waals surface area contributed by atoms with Crippen molar-refractivity contribution in [3.8, 4) is 0 Å². The molecule has 1 aromatic carbocycles. The van der Waals surface area contributed by atoms with Gasteiger partial charge in [-0.15, -0.1) is 0 Å². The Hall–Kier alpha value is -1.70. The molecular formula is C15H22FN3O3. The van der Waals surface area contributed by atoms with Gasteiger partial charge in [0.2, 0.25) is 0 Å². The Morgan fingerprint density at radius 1 is 1.36 bits per heavy atom. The topological polar surface area (TPSA) is 96.6 Å². The van der Waals surface area contributed by atoms with Gasteiger partial charge in [-0.05, 0) is 50.1 Å². The van der Waals surface area contributed by atoms with Crippen molar-refractivity contribution in [3.05, 3.63) is 30.1 Å². The number of hydrogen-bond donors (Lipinski definition) is 4. The van der Waals surface area contributed by atoms with Crippen LogP contribution >= 0.6 is 0 Å². The number of benzene rings is 1. The second-order valence-electron chi connectivity index (χ2n) is 5.35. The molecule has 0 spiro atoms. The molecule has 0 aliphatic carbocycles. The number of carbonyl (C=O) groups is 1. The average Bonchev–Trinajstić information content (AvgIpc) is 2.51. The molecule has 0 bridgehead atoms. The van der Waals surface area contributed by atoms with Gasteiger partial charge >= 0.3 is 6.03 Å². The van der Waals surface area contributed by atoms with E-state index in [0.717, 1.165) is 12.8 Å². The molecule has 5 N–H and O–H groups in total. The minimum atomic E-state index is -0.440. The standard InChI is InChI=1S/C15H22FN3O3/c16-10-1-3-11(4-2-10)18-15(21)19-13-6-5-12(7-8-17)22-14(13)9-20/h1-4,12-14,20H,5-9,17H2,(H2,18,19,21)/t12-,13-,14+/m1/s1. The van der Waals surface area contributed by atoms with Crippen LogP contribution in [0.1, 0.15) is 19.3 Å². The summed E-state index contributed by atoms with van der Waals surface area (Å²) in [5.74, 6) is -0.363. The van der Waals surface area contributed by atoms with E-state index in [2.05, 4.69) is 10.6 Å². The van der Waals surface area contributed by atoms with Crippen LogP contribution in [0.2, 0.25) is 0 Å². The van der Waals surface area contributed by atoms with Gasteiger partial charge in [0, 0.05) is 5.69 Å². The van der Waals surface area contributed by atoms with Crippen molar-refractivity contribution >= 4 is 11.7 Å². The highest BCUT2D eigenvalue weighted by molar-refractivity contribution is 5.89. The minimum absolute atomic E-state index is 0.0281. The van der Waals surface area contributed by atoms with Gasteiger partial charge in [0.1, 0.15) is 11.9 Å². The average molecular weight is 311 g/mol. The van der Waals surface area contributed by atoms with E-state index >= 15 is 0 Å². The Morgan fingerprint density at radius 3 is 2.73 bits per heavy atom. The van der Waals surface area contributed by atoms with E-state index in [1.807, 2.05) is 0 Å². The first-order chi connectivity index (χ1) is 10.6. The number of aliphatic hydroxyl groups is 1. The summed E-state index contributed by atoms with van der Waals surface area (Å²) in [5, 5.41) is 14.8. The fourth-order valence-corrected chi connectivity index (χ4v) is 2.56. The smallest absolute Gasteiger partial charge is 0.319 e. The van der Waals surface area contributed by atoms with E-state index in [1.54, 1.807) is 0 Å². The molecule has 0 saturated carbocycles. The van der Waals surface area contributed by atoms with E-state index in [1.165, 1.54) is 24.3 Å². The van der Waals surface area contributed by atoms with Crippen molar-refractivity contribution < 1.29 is 19.0 Å². The van der Waals surface area contributed by atoms with Gasteiger partial charge in [0.15, 0.2) is 0 Å². The van der Waals surface area contributed by atoms with Crippen molar-refractivity contribution in [1.82, 2.24) is 5.32 Å². The lowest BCUT2D eigenvalue weighted by Gasteiger charge is -2.36. The number of amides is 2. The summed E-state index contributed by atoms with van der Waals surface area (Å²) in [6, 6.07) is 4.83. The summed E-state index contributed by atoms with van der Waals surface area (Å²) < 4.78 is 18.5. The van der Waals surface area contributed by atoms with E-state index in [-0.39, 0.29) is 24.6 Å². The summed E-state index contributed by atoms with van der Waals surface area (Å²) in [6.45, 7) is 0.370. The highest BCUT2D eigenvalue weighted by atomic mass is 19.1. The number of nitrogens with two attached hydrogens (primary N) is 1. The van der Waals surface area contributed by atoms with Crippen molar-refractivity contribution in [1.29, 1.82) is 0 Å². The lowest BCUT2D eigenvalue weighted by atomic mass is 9.97. The van der Waals surface area contributed by atoms with Gasteiger partial charge in [0.05, 0.1) is 18.8 Å². The van der Waals surface area contributed by atoms with Gasteiger partial charge in [-0.3, -0.25) is 0 Å². The Morgan fingerprint density at radius 2 is 2.09 bits per heavy atom. The number of ether oxygens (including phenoxy) is 1. The molecule has 122 valence electrons. The van der Waals surface area contributed by atoms with Crippen LogP contribution in [0.3, 0.4) is 0 Å². The lowest BCUT2D eigenvalue weighted by Crippen LogP contribution is -2.52. The zero-order valence-corrected chi connectivity index (χ0v) is 12.3. The molecule has 2 rings (SSSR count). The fourth-order valence-electron chi connectivity index (χ4n) is 2.56. The summed E-state index contributed by atoms with van der Waals surface area (Å²) in [7, 11) is 0. The first-order valence-electron chi connectivity index (χ1n) is 7.42. The quantitative estimate of drug-likeness (QED) is 0.657. The van der Waals surface area contributed by atoms with E-state index in [9.17, 15) is 14.3 Å². The molecule has 0 unspecified atom stereocenters. The number of aliphatic hydroxyl groups excluding tert-OH is 1. The Labute approximate surface area is 128 Å². The molecule has 1 heterocycles. The van der Waals surface area contributed by atoms with Gasteiger partial charge in [-0.1, -0.05) is 0 Å². The third-order valence-corrected chi connectivity index (χ3v) is 3.70. The monoisotopic (exact) mass is 311 g/mol. The predicted octanol–water partition coefficient (Wildman–Crippen LogP) is 1.20. The van der Waals surface area contributed by atoms with E-state index in [0.29, 0.717) is 18.7 Å². The third-order valence-electron chi connectivity index (χ3n) is 3.70. The number of urea groups is 1. The zero-order chi connectivity index (χ0) is 15.9. The maximum atomic E-state index is 12.8. The van der Waals surface area contributed by atoms with Crippen LogP contribution in [0, 0.1) is 5.82 Å². The van der Waals surface area contributed by atoms with Crippen LogP contribution in [0.5, 0.6) is 0 Å². The molecule has 1 aromatic rings. The van der Waals surface area contributed by atoms with Gasteiger partial charge < -0.3 is 26.2 Å². The fraction of sp³-hybridized carbons (Fsp3) is 0.533. The van der Waals surface area contributed by atoms with Crippen molar-refractivity contribution in [2.75, 3.05) is 18.5 Å². The highest BCUT2D eigenvalue weighted by Crippen LogP contribution is 2.21. The maximum Gasteiger partial charge on any atom is 0.319 e. The first-order valence-corrected chi connectivity index (χ1v) is 7.42. The zero-order valence-electron chi connectivity index (χ0n) is 12.3. The largest absolute Gasteiger partial charge is 0.394 e. The number of nitrogens with one attached hydrogen (secondary N) is 2. The van der Waals surface area contributed by atoms with Crippen LogP contribution in [0.4, 0.5) is 14.9 Å². The van der Waals surface area contributed by atoms with Gasteiger partial charge in [-0.25, -0.2) is 9.18 Å². The summed E-state index contributed by atoms with van der Waals surface area (Å²) >= 11 is 0. The molecule has 22 heavy (non-hydrogen) atoms. The van der Waals surface area contributed by atoms with Crippen molar-refractivity contribution in [3.63, 3.8) is 0 Å². The molecule has 2 amide bonds. The van der Waals surface area contributed by atoms with E-state index < -0.39 is 12.1 Å². The summed E-state index contributed by atoms with van der Waals surface area (Å²) in [5.41, 5.74) is 6.01. The Kier molecular flexibility index (Phi) is 6.11. The SMILES string of the molecule is NCC[C@H]1CC[C@@H](NC(=O)Nc2ccc(F)cc2)[C@H](CO)O1. The molecular weight excluding hydrogens is 289 g/mol. The molecule has 1 aliphatic heterocycles. The van der Waals surface area contributed by atoms with Crippen LogP contribution in [-0.2, 0) is 4.74 Å². The third kappa shape index (κ3) is 4.66. The van der Waals surface area contributed by atoms with Crippen molar-refractivity contribution in [2.24, 2.45) is 5.73 Å². The number of rotatable bonds is 5. The maximum absolute atomic E-state index is 12.8. The number of carbonyl (C=O) groups excluding carboxylic acids is 1. The lowest BCUT2D eigenvalue weighted by molar-refractivity contribution is -0.0881.